The molecule has 0 aliphatic rings. The number of aromatic nitrogens is 1. The van der Waals surface area contributed by atoms with Gasteiger partial charge in [0.1, 0.15) is 5.39 Å². The number of para-hydroxylation sites is 1. The highest BCUT2D eigenvalue weighted by Crippen LogP contribution is 2.36. The molecule has 3 N–H and O–H groups in total. The van der Waals surface area contributed by atoms with Crippen molar-refractivity contribution >= 4 is 58.0 Å². The Kier molecular flexibility index (Phi) is 9.17. The van der Waals surface area contributed by atoms with Crippen LogP contribution in [0.2, 0.25) is 0 Å². The molecule has 1 heterocycles. The summed E-state index contributed by atoms with van der Waals surface area (Å²) in [5, 5.41) is 28.1. The minimum atomic E-state index is -0.368. The topological polar surface area (TPSA) is 100 Å². The van der Waals surface area contributed by atoms with Crippen LogP contribution >= 0.6 is 24.8 Å². The summed E-state index contributed by atoms with van der Waals surface area (Å²) in [6.07, 6.45) is 0.832. The maximum Gasteiger partial charge on any atom is 0.280 e. The molecule has 0 spiro atoms. The number of nitro groups is 1. The largest absolute Gasteiger partial charge is 0.395 e. The number of nitrogens with zero attached hydrogens (tertiary/aromatic N) is 2. The number of fused-ring (bicyclic) bond motifs is 2. The smallest absolute Gasteiger partial charge is 0.280 e. The average Bonchev–Trinajstić information content (AvgIpc) is 2.63. The predicted molar refractivity (Wildman–Crippen MR) is 113 cm³/mol. The van der Waals surface area contributed by atoms with Crippen LogP contribution in [0.1, 0.15) is 6.42 Å². The van der Waals surface area contributed by atoms with E-state index in [9.17, 15) is 10.1 Å². The minimum Gasteiger partial charge on any atom is -0.395 e. The lowest BCUT2D eigenvalue weighted by Crippen LogP contribution is -2.21. The first-order valence-electron chi connectivity index (χ1n) is 8.23. The Hall–Kier alpha value is -2.19. The highest BCUT2D eigenvalue weighted by molar-refractivity contribution is 6.11. The molecule has 3 aromatic rings. The van der Waals surface area contributed by atoms with Crippen LogP contribution in [0.4, 0.5) is 11.4 Å². The summed E-state index contributed by atoms with van der Waals surface area (Å²) in [4.78, 5) is 15.7. The van der Waals surface area contributed by atoms with Gasteiger partial charge in [-0.15, -0.1) is 24.8 Å². The summed E-state index contributed by atoms with van der Waals surface area (Å²) in [7, 11) is 0. The fourth-order valence-electron chi connectivity index (χ4n) is 2.89. The van der Waals surface area contributed by atoms with Gasteiger partial charge in [-0.1, -0.05) is 24.3 Å². The van der Waals surface area contributed by atoms with Crippen LogP contribution in [-0.4, -0.2) is 41.3 Å². The number of hydrogen-bond donors (Lipinski definition) is 3. The van der Waals surface area contributed by atoms with Gasteiger partial charge in [-0.05, 0) is 25.1 Å². The van der Waals surface area contributed by atoms with Crippen LogP contribution < -0.4 is 10.6 Å². The van der Waals surface area contributed by atoms with Gasteiger partial charge in [0.05, 0.1) is 28.3 Å². The van der Waals surface area contributed by atoms with E-state index in [1.165, 1.54) is 6.07 Å². The zero-order valence-electron chi connectivity index (χ0n) is 14.6. The van der Waals surface area contributed by atoms with E-state index in [1.807, 2.05) is 24.3 Å². The van der Waals surface area contributed by atoms with Gasteiger partial charge in [-0.2, -0.15) is 0 Å². The van der Waals surface area contributed by atoms with Crippen molar-refractivity contribution in [1.82, 2.24) is 10.3 Å². The monoisotopic (exact) mass is 412 g/mol. The number of aliphatic hydroxyl groups excluding tert-OH is 1. The number of nitro benzene ring substituents is 1. The van der Waals surface area contributed by atoms with Crippen LogP contribution in [0.15, 0.2) is 42.5 Å². The molecule has 0 atom stereocenters. The standard InChI is InChI=1S/C18H20N4O3.2ClH/c23-12-11-19-9-4-10-20-18-13-5-1-2-6-14(13)21-15-7-3-8-16(17(15)18)22(24)25;;/h1-3,5-8,19,23H,4,9-12H2,(H,20,21);2*1H. The minimum absolute atomic E-state index is 0. The van der Waals surface area contributed by atoms with Crippen molar-refractivity contribution in [1.29, 1.82) is 0 Å². The lowest BCUT2D eigenvalue weighted by molar-refractivity contribution is -0.383. The fourth-order valence-corrected chi connectivity index (χ4v) is 2.89. The molecule has 3 rings (SSSR count). The number of halogens is 2. The average molecular weight is 413 g/mol. The van der Waals surface area contributed by atoms with Gasteiger partial charge >= 0.3 is 0 Å². The van der Waals surface area contributed by atoms with Crippen LogP contribution in [0, 0.1) is 10.1 Å². The zero-order valence-corrected chi connectivity index (χ0v) is 16.2. The second kappa shape index (κ2) is 10.8. The van der Waals surface area contributed by atoms with Crippen molar-refractivity contribution in [2.45, 2.75) is 6.42 Å². The van der Waals surface area contributed by atoms with Crippen LogP contribution in [0.25, 0.3) is 21.8 Å². The Balaban J connectivity index is 0.00000182. The molecule has 1 aromatic heterocycles. The number of anilines is 1. The molecular formula is C18H22Cl2N4O3. The molecule has 27 heavy (non-hydrogen) atoms. The maximum atomic E-state index is 11.5. The zero-order chi connectivity index (χ0) is 17.6. The van der Waals surface area contributed by atoms with Gasteiger partial charge in [-0.3, -0.25) is 10.1 Å². The second-order valence-electron chi connectivity index (χ2n) is 5.69. The van der Waals surface area contributed by atoms with Gasteiger partial charge in [-0.25, -0.2) is 4.98 Å². The van der Waals surface area contributed by atoms with Crippen molar-refractivity contribution in [2.24, 2.45) is 0 Å². The van der Waals surface area contributed by atoms with E-state index in [4.69, 9.17) is 5.11 Å². The van der Waals surface area contributed by atoms with Crippen LogP contribution in [0.3, 0.4) is 0 Å². The molecule has 0 aliphatic heterocycles. The van der Waals surface area contributed by atoms with E-state index >= 15 is 0 Å². The number of benzene rings is 2. The second-order valence-corrected chi connectivity index (χ2v) is 5.69. The lowest BCUT2D eigenvalue weighted by Gasteiger charge is -2.13. The highest BCUT2D eigenvalue weighted by atomic mass is 35.5. The summed E-state index contributed by atoms with van der Waals surface area (Å²) < 4.78 is 0. The summed E-state index contributed by atoms with van der Waals surface area (Å²) in [5.74, 6) is 0. The fraction of sp³-hybridized carbons (Fsp3) is 0.278. The van der Waals surface area contributed by atoms with Gasteiger partial charge in [0.2, 0.25) is 0 Å². The molecule has 0 aliphatic carbocycles. The van der Waals surface area contributed by atoms with E-state index < -0.39 is 0 Å². The lowest BCUT2D eigenvalue weighted by atomic mass is 10.1. The van der Waals surface area contributed by atoms with Crippen molar-refractivity contribution in [3.63, 3.8) is 0 Å². The van der Waals surface area contributed by atoms with E-state index in [0.29, 0.717) is 24.0 Å². The summed E-state index contributed by atoms with van der Waals surface area (Å²) >= 11 is 0. The first-order chi connectivity index (χ1) is 12.2. The van der Waals surface area contributed by atoms with Gasteiger partial charge in [0.15, 0.2) is 0 Å². The van der Waals surface area contributed by atoms with Crippen molar-refractivity contribution in [2.75, 3.05) is 31.6 Å². The van der Waals surface area contributed by atoms with Gasteiger partial charge in [0, 0.05) is 24.5 Å². The molecule has 0 amide bonds. The molecule has 0 radical (unpaired) electrons. The molecule has 0 saturated heterocycles. The summed E-state index contributed by atoms with van der Waals surface area (Å²) in [6, 6.07) is 12.6. The Morgan fingerprint density at radius 3 is 2.48 bits per heavy atom. The van der Waals surface area contributed by atoms with Crippen molar-refractivity contribution < 1.29 is 10.0 Å². The normalized spacial score (nSPS) is 10.3. The number of nitrogens with one attached hydrogen (secondary N) is 2. The van der Waals surface area contributed by atoms with E-state index in [1.54, 1.807) is 12.1 Å². The first kappa shape index (κ1) is 22.9. The van der Waals surface area contributed by atoms with Gasteiger partial charge < -0.3 is 15.7 Å². The molecule has 0 fully saturated rings. The van der Waals surface area contributed by atoms with Crippen molar-refractivity contribution in [3.8, 4) is 0 Å². The molecule has 0 bridgehead atoms. The number of hydrogen-bond acceptors (Lipinski definition) is 6. The number of aliphatic hydroxyl groups is 1. The van der Waals surface area contributed by atoms with E-state index in [-0.39, 0.29) is 42.0 Å². The molecular weight excluding hydrogens is 391 g/mol. The Morgan fingerprint density at radius 1 is 1.00 bits per heavy atom. The Morgan fingerprint density at radius 2 is 1.74 bits per heavy atom. The third-order valence-corrected chi connectivity index (χ3v) is 4.00. The Labute approximate surface area is 169 Å². The van der Waals surface area contributed by atoms with E-state index in [0.717, 1.165) is 29.6 Å². The predicted octanol–water partition coefficient (Wildman–Crippen LogP) is 3.52. The maximum absolute atomic E-state index is 11.5. The summed E-state index contributed by atoms with van der Waals surface area (Å²) in [6.45, 7) is 2.09. The SMILES string of the molecule is Cl.Cl.O=[N+]([O-])c1cccc2nc3ccccc3c(NCCCNCCO)c12. The van der Waals surface area contributed by atoms with Gasteiger partial charge in [0.25, 0.3) is 5.69 Å². The molecule has 0 saturated carbocycles. The van der Waals surface area contributed by atoms with E-state index in [2.05, 4.69) is 15.6 Å². The molecule has 2 aromatic carbocycles. The molecule has 146 valence electrons. The highest BCUT2D eigenvalue weighted by Gasteiger charge is 2.18. The third kappa shape index (κ3) is 5.17. The molecule has 0 unspecified atom stereocenters. The Bertz CT molecular complexity index is 908. The molecule has 7 nitrogen and oxygen atoms in total. The molecule has 9 heteroatoms. The van der Waals surface area contributed by atoms with Crippen molar-refractivity contribution in [3.05, 3.63) is 52.6 Å². The number of rotatable bonds is 8. The van der Waals surface area contributed by atoms with Crippen LogP contribution in [-0.2, 0) is 0 Å². The number of non-ortho nitro benzene ring substituents is 1. The first-order valence-corrected chi connectivity index (χ1v) is 8.23. The number of pyridine rings is 1. The summed E-state index contributed by atoms with van der Waals surface area (Å²) in [5.41, 5.74) is 2.21. The quantitative estimate of drug-likeness (QED) is 0.226. The third-order valence-electron chi connectivity index (χ3n) is 4.00. The van der Waals surface area contributed by atoms with Crippen LogP contribution in [0.5, 0.6) is 0 Å².